The molecule has 36 heavy (non-hydrogen) atoms. The Morgan fingerprint density at radius 1 is 1.11 bits per heavy atom. The van der Waals surface area contributed by atoms with Gasteiger partial charge in [-0.25, -0.2) is 5.48 Å². The van der Waals surface area contributed by atoms with Crippen LogP contribution in [0.2, 0.25) is 0 Å². The molecule has 0 aliphatic carbocycles. The van der Waals surface area contributed by atoms with Crippen molar-refractivity contribution in [2.45, 2.75) is 51.2 Å². The molecule has 9 heteroatoms. The fraction of sp³-hybridized carbons (Fsp3) is 0.481. The zero-order chi connectivity index (χ0) is 25.9. The summed E-state index contributed by atoms with van der Waals surface area (Å²) in [6.45, 7) is 3.56. The molecule has 2 atom stereocenters. The highest BCUT2D eigenvalue weighted by atomic mass is 16.5. The molecule has 196 valence electrons. The molecule has 0 unspecified atom stereocenters. The fourth-order valence-corrected chi connectivity index (χ4v) is 4.54. The van der Waals surface area contributed by atoms with E-state index >= 15 is 0 Å². The van der Waals surface area contributed by atoms with E-state index in [0.717, 1.165) is 35.6 Å². The number of methoxy groups -OCH3 is 1. The number of likely N-dealkylation sites (tertiary alicyclic amines) is 1. The number of nitrogens with one attached hydrogen (secondary N) is 2. The summed E-state index contributed by atoms with van der Waals surface area (Å²) in [5, 5.41) is 23.0. The number of nitrogens with zero attached hydrogens (tertiary/aromatic N) is 1. The van der Waals surface area contributed by atoms with E-state index in [4.69, 9.17) is 14.7 Å². The molecule has 9 nitrogen and oxygen atoms in total. The Bertz CT molecular complexity index is 976. The van der Waals surface area contributed by atoms with Gasteiger partial charge in [0.1, 0.15) is 17.6 Å². The van der Waals surface area contributed by atoms with Crippen molar-refractivity contribution in [2.75, 3.05) is 32.1 Å². The number of hydrogen-bond donors (Lipinski definition) is 4. The summed E-state index contributed by atoms with van der Waals surface area (Å²) in [6, 6.07) is 15.7. The number of hydrogen-bond acceptors (Lipinski definition) is 7. The lowest BCUT2D eigenvalue weighted by molar-refractivity contribution is -0.151. The smallest absolute Gasteiger partial charge is 0.272 e. The Morgan fingerprint density at radius 2 is 1.83 bits per heavy atom. The van der Waals surface area contributed by atoms with Crippen LogP contribution in [-0.4, -0.2) is 66.0 Å². The number of aryl methyl sites for hydroxylation is 1. The molecule has 1 aliphatic heterocycles. The number of anilines is 1. The second-order valence-corrected chi connectivity index (χ2v) is 8.97. The molecule has 1 heterocycles. The number of carbonyl (C=O) groups excluding carboxylic acids is 2. The summed E-state index contributed by atoms with van der Waals surface area (Å²) in [7, 11) is 1.63. The lowest BCUT2D eigenvalue weighted by Gasteiger charge is -2.35. The lowest BCUT2D eigenvalue weighted by atomic mass is 9.91. The third-order valence-electron chi connectivity index (χ3n) is 6.54. The van der Waals surface area contributed by atoms with Crippen molar-refractivity contribution < 1.29 is 29.4 Å². The maximum Gasteiger partial charge on any atom is 0.272 e. The average molecular weight is 500 g/mol. The van der Waals surface area contributed by atoms with Crippen molar-refractivity contribution in [2.24, 2.45) is 5.92 Å². The van der Waals surface area contributed by atoms with Crippen LogP contribution in [0.1, 0.15) is 38.2 Å². The summed E-state index contributed by atoms with van der Waals surface area (Å²) in [4.78, 5) is 27.0. The minimum atomic E-state index is -1.62. The largest absolute Gasteiger partial charge is 0.497 e. The zero-order valence-electron chi connectivity index (χ0n) is 21.0. The van der Waals surface area contributed by atoms with Gasteiger partial charge in [-0.15, -0.1) is 0 Å². The number of aliphatic hydroxyl groups is 1. The number of benzene rings is 2. The second-order valence-electron chi connectivity index (χ2n) is 8.97. The summed E-state index contributed by atoms with van der Waals surface area (Å²) < 4.78 is 10.7. The van der Waals surface area contributed by atoms with Crippen molar-refractivity contribution >= 4 is 17.5 Å². The van der Waals surface area contributed by atoms with Gasteiger partial charge in [0.2, 0.25) is 5.91 Å². The van der Waals surface area contributed by atoms with Crippen LogP contribution in [0.4, 0.5) is 5.69 Å². The molecule has 1 aliphatic rings. The van der Waals surface area contributed by atoms with Gasteiger partial charge in [0, 0.05) is 30.9 Å². The van der Waals surface area contributed by atoms with Gasteiger partial charge >= 0.3 is 0 Å². The predicted molar refractivity (Wildman–Crippen MR) is 136 cm³/mol. The lowest BCUT2D eigenvalue weighted by Crippen LogP contribution is -2.50. The molecule has 0 radical (unpaired) electrons. The first-order valence-corrected chi connectivity index (χ1v) is 12.5. The Labute approximate surface area is 212 Å². The van der Waals surface area contributed by atoms with Crippen LogP contribution in [0.25, 0.3) is 0 Å². The Morgan fingerprint density at radius 3 is 2.47 bits per heavy atom. The molecule has 1 saturated heterocycles. The van der Waals surface area contributed by atoms with Crippen molar-refractivity contribution in [3.8, 4) is 11.5 Å². The van der Waals surface area contributed by atoms with E-state index in [1.807, 2.05) is 55.5 Å². The number of hydroxylamine groups is 1. The van der Waals surface area contributed by atoms with E-state index in [0.29, 0.717) is 39.0 Å². The number of ether oxygens (including phenoxy) is 2. The predicted octanol–water partition coefficient (Wildman–Crippen LogP) is 3.00. The maximum atomic E-state index is 13.3. The number of carbonyl (C=O) groups is 2. The molecule has 2 amide bonds. The molecule has 0 bridgehead atoms. The van der Waals surface area contributed by atoms with Gasteiger partial charge in [0.15, 0.2) is 0 Å². The quantitative estimate of drug-likeness (QED) is 0.262. The summed E-state index contributed by atoms with van der Waals surface area (Å²) in [5.41, 5.74) is 3.52. The van der Waals surface area contributed by atoms with Crippen molar-refractivity contribution in [3.05, 3.63) is 54.1 Å². The topological polar surface area (TPSA) is 120 Å². The molecule has 2 aromatic carbocycles. The highest BCUT2D eigenvalue weighted by Crippen LogP contribution is 2.24. The Kier molecular flexibility index (Phi) is 10.4. The Hall–Kier alpha value is -3.30. The van der Waals surface area contributed by atoms with Crippen LogP contribution in [0.15, 0.2) is 48.5 Å². The van der Waals surface area contributed by atoms with Gasteiger partial charge in [-0.1, -0.05) is 18.2 Å². The number of rotatable bonds is 12. The van der Waals surface area contributed by atoms with Gasteiger partial charge in [-0.05, 0) is 68.9 Å². The van der Waals surface area contributed by atoms with Crippen LogP contribution in [-0.2, 0) is 16.0 Å². The SMILES string of the molecule is CCOc1ccc(CCC[C@@H](C(=O)N2CCC(Nc3cccc(OC)c3)CC2)[C@H](O)C(=O)NO)cc1. The molecule has 2 aromatic rings. The first kappa shape index (κ1) is 27.3. The second kappa shape index (κ2) is 13.7. The molecule has 0 spiro atoms. The van der Waals surface area contributed by atoms with Crippen LogP contribution < -0.4 is 20.3 Å². The highest BCUT2D eigenvalue weighted by Gasteiger charge is 2.36. The van der Waals surface area contributed by atoms with E-state index in [1.54, 1.807) is 12.0 Å². The van der Waals surface area contributed by atoms with E-state index in [1.165, 1.54) is 5.48 Å². The molecule has 0 saturated carbocycles. The van der Waals surface area contributed by atoms with E-state index in [2.05, 4.69) is 5.32 Å². The Balaban J connectivity index is 1.56. The van der Waals surface area contributed by atoms with Gasteiger partial charge < -0.3 is 24.8 Å². The standard InChI is InChI=1S/C27H37N3O6/c1-3-36-22-12-10-19(11-13-22)6-4-9-24(25(31)26(32)29-34)27(33)30-16-14-20(15-17-30)28-21-7-5-8-23(18-21)35-2/h5,7-8,10-13,18,20,24-25,28,31,34H,3-4,6,9,14-17H2,1-2H3,(H,29,32)/t24-,25+/m1/s1. The van der Waals surface area contributed by atoms with Gasteiger partial charge in [0.25, 0.3) is 5.91 Å². The molecular formula is C27H37N3O6. The highest BCUT2D eigenvalue weighted by molar-refractivity contribution is 5.88. The van der Waals surface area contributed by atoms with Gasteiger partial charge in [-0.3, -0.25) is 14.8 Å². The zero-order valence-corrected chi connectivity index (χ0v) is 21.0. The van der Waals surface area contributed by atoms with E-state index in [9.17, 15) is 14.7 Å². The molecule has 3 rings (SSSR count). The van der Waals surface area contributed by atoms with Gasteiger partial charge in [-0.2, -0.15) is 0 Å². The minimum Gasteiger partial charge on any atom is -0.497 e. The third kappa shape index (κ3) is 7.60. The van der Waals surface area contributed by atoms with Crippen LogP contribution >= 0.6 is 0 Å². The minimum absolute atomic E-state index is 0.199. The van der Waals surface area contributed by atoms with Crippen molar-refractivity contribution in [1.29, 1.82) is 0 Å². The fourth-order valence-electron chi connectivity index (χ4n) is 4.54. The summed E-state index contributed by atoms with van der Waals surface area (Å²) in [6.07, 6.45) is 1.48. The van der Waals surface area contributed by atoms with Crippen molar-refractivity contribution in [3.63, 3.8) is 0 Å². The van der Waals surface area contributed by atoms with Crippen molar-refractivity contribution in [1.82, 2.24) is 10.4 Å². The monoisotopic (exact) mass is 499 g/mol. The molecule has 4 N–H and O–H groups in total. The third-order valence-corrected chi connectivity index (χ3v) is 6.54. The molecular weight excluding hydrogens is 462 g/mol. The number of piperidine rings is 1. The van der Waals surface area contributed by atoms with Crippen LogP contribution in [0, 0.1) is 5.92 Å². The molecule has 1 fully saturated rings. The average Bonchev–Trinajstić information content (AvgIpc) is 2.91. The van der Waals surface area contributed by atoms with Crippen LogP contribution in [0.3, 0.4) is 0 Å². The number of amides is 2. The summed E-state index contributed by atoms with van der Waals surface area (Å²) >= 11 is 0. The molecule has 0 aromatic heterocycles. The first-order chi connectivity index (χ1) is 17.4. The number of aliphatic hydroxyl groups excluding tert-OH is 1. The van der Waals surface area contributed by atoms with Crippen LogP contribution in [0.5, 0.6) is 11.5 Å². The first-order valence-electron chi connectivity index (χ1n) is 12.5. The van der Waals surface area contributed by atoms with E-state index < -0.39 is 17.9 Å². The van der Waals surface area contributed by atoms with E-state index in [-0.39, 0.29) is 11.9 Å². The normalized spacial score (nSPS) is 15.6. The van der Waals surface area contributed by atoms with Gasteiger partial charge in [0.05, 0.1) is 19.6 Å². The summed E-state index contributed by atoms with van der Waals surface area (Å²) in [5.74, 6) is -0.588. The maximum absolute atomic E-state index is 13.3.